The van der Waals surface area contributed by atoms with Gasteiger partial charge >= 0.3 is 0 Å². The third kappa shape index (κ3) is 7.48. The van der Waals surface area contributed by atoms with E-state index >= 15 is 0 Å². The number of benzene rings is 3. The Hall–Kier alpha value is -3.47. The van der Waals surface area contributed by atoms with Gasteiger partial charge < -0.3 is 15.6 Å². The summed E-state index contributed by atoms with van der Waals surface area (Å²) in [6.07, 6.45) is 8.72. The number of pyridine rings is 1. The van der Waals surface area contributed by atoms with E-state index in [-0.39, 0.29) is 34.7 Å². The van der Waals surface area contributed by atoms with Gasteiger partial charge in [-0.05, 0) is 36.8 Å². The van der Waals surface area contributed by atoms with Crippen LogP contribution in [0.1, 0.15) is 74.2 Å². The molecule has 10 heteroatoms. The number of ketones is 1. The number of carbonyl (C=O) groups excluding carboxylic acids is 1. The number of aromatic nitrogens is 1. The first-order chi connectivity index (χ1) is 20.1. The number of nitrogens with two attached hydrogens (primary N) is 1. The number of anilines is 1. The molecule has 0 atom stereocenters. The number of carbonyl (C=O) groups is 1. The summed E-state index contributed by atoms with van der Waals surface area (Å²) >= 11 is 3.35. The molecule has 42 heavy (non-hydrogen) atoms. The second kappa shape index (κ2) is 14.1. The van der Waals surface area contributed by atoms with Gasteiger partial charge in [-0.25, -0.2) is 4.98 Å². The fourth-order valence-corrected chi connectivity index (χ4v) is 6.15. The van der Waals surface area contributed by atoms with Gasteiger partial charge in [0.15, 0.2) is 10.7 Å². The largest absolute Gasteiger partial charge is 0.506 e. The van der Waals surface area contributed by atoms with Gasteiger partial charge in [-0.3, -0.25) is 9.35 Å². The van der Waals surface area contributed by atoms with Crippen molar-refractivity contribution in [1.82, 2.24) is 4.98 Å². The molecule has 0 aliphatic rings. The van der Waals surface area contributed by atoms with Gasteiger partial charge in [-0.15, -0.1) is 0 Å². The third-order valence-corrected chi connectivity index (χ3v) is 8.49. The van der Waals surface area contributed by atoms with E-state index in [4.69, 9.17) is 10.5 Å². The Balaban J connectivity index is 1.66. The van der Waals surface area contributed by atoms with Crippen LogP contribution >= 0.6 is 15.9 Å². The summed E-state index contributed by atoms with van der Waals surface area (Å²) in [5.74, 6) is -0.851. The van der Waals surface area contributed by atoms with Crippen LogP contribution in [0.2, 0.25) is 0 Å². The van der Waals surface area contributed by atoms with Crippen molar-refractivity contribution in [2.45, 2.75) is 63.2 Å². The monoisotopic (exact) mass is 654 g/mol. The molecule has 0 bridgehead atoms. The van der Waals surface area contributed by atoms with Crippen molar-refractivity contribution in [2.24, 2.45) is 0 Å². The molecule has 0 saturated carbocycles. The lowest BCUT2D eigenvalue weighted by Crippen LogP contribution is -2.13. The lowest BCUT2D eigenvalue weighted by molar-refractivity contribution is 0.104. The Bertz CT molecular complexity index is 1680. The number of phenolic OH excluding ortho intramolecular Hbond substituents is 1. The quantitative estimate of drug-likeness (QED) is 0.0538. The summed E-state index contributed by atoms with van der Waals surface area (Å²) in [7, 11) is -4.83. The topological polar surface area (TPSA) is 140 Å². The fourth-order valence-electron chi connectivity index (χ4n) is 4.94. The molecule has 4 rings (SSSR count). The highest BCUT2D eigenvalue weighted by atomic mass is 79.9. The molecule has 0 radical (unpaired) electrons. The average molecular weight is 656 g/mol. The molecule has 1 heterocycles. The van der Waals surface area contributed by atoms with Gasteiger partial charge in [-0.2, -0.15) is 8.42 Å². The highest BCUT2D eigenvalue weighted by Crippen LogP contribution is 2.37. The minimum absolute atomic E-state index is 0.112. The molecule has 0 amide bonds. The predicted octanol–water partition coefficient (Wildman–Crippen LogP) is 7.95. The predicted molar refractivity (Wildman–Crippen MR) is 169 cm³/mol. The second-order valence-corrected chi connectivity index (χ2v) is 12.5. The van der Waals surface area contributed by atoms with Gasteiger partial charge in [0.2, 0.25) is 0 Å². The number of halogens is 1. The SMILES string of the molecule is CCCCCCCCCCOc1ccc(C(=O)c2cc(-c3ccccc3)nc3c(O)cc(Br)cc23)c(N)c1S(=O)(=O)O. The minimum atomic E-state index is -4.83. The summed E-state index contributed by atoms with van der Waals surface area (Å²) in [5.41, 5.74) is 7.20. The lowest BCUT2D eigenvalue weighted by atomic mass is 9.96. The number of unbranched alkanes of at least 4 members (excludes halogenated alkanes) is 7. The van der Waals surface area contributed by atoms with Crippen molar-refractivity contribution < 1.29 is 27.6 Å². The van der Waals surface area contributed by atoms with Crippen LogP contribution in [0.25, 0.3) is 22.2 Å². The Kier molecular flexibility index (Phi) is 10.6. The molecule has 0 fully saturated rings. The number of phenols is 1. The van der Waals surface area contributed by atoms with Crippen LogP contribution in [0.15, 0.2) is 70.0 Å². The summed E-state index contributed by atoms with van der Waals surface area (Å²) in [6.45, 7) is 2.42. The third-order valence-electron chi connectivity index (χ3n) is 7.09. The van der Waals surface area contributed by atoms with Crippen LogP contribution in [0.5, 0.6) is 11.5 Å². The van der Waals surface area contributed by atoms with Gasteiger partial charge in [0.25, 0.3) is 10.1 Å². The molecule has 1 aromatic heterocycles. The first-order valence-electron chi connectivity index (χ1n) is 14.1. The van der Waals surface area contributed by atoms with Crippen molar-refractivity contribution in [2.75, 3.05) is 12.3 Å². The number of hydrogen-bond acceptors (Lipinski definition) is 7. The Morgan fingerprint density at radius 1 is 0.929 bits per heavy atom. The van der Waals surface area contributed by atoms with Crippen molar-refractivity contribution in [3.8, 4) is 22.8 Å². The van der Waals surface area contributed by atoms with E-state index in [1.165, 1.54) is 43.9 Å². The number of ether oxygens (including phenoxy) is 1. The fraction of sp³-hybridized carbons (Fsp3) is 0.312. The van der Waals surface area contributed by atoms with Gasteiger partial charge in [0.05, 0.1) is 18.0 Å². The van der Waals surface area contributed by atoms with Crippen LogP contribution < -0.4 is 10.5 Å². The van der Waals surface area contributed by atoms with Crippen LogP contribution in [0.3, 0.4) is 0 Å². The first-order valence-corrected chi connectivity index (χ1v) is 16.3. The van der Waals surface area contributed by atoms with Crippen molar-refractivity contribution in [3.05, 3.63) is 76.3 Å². The molecule has 0 spiro atoms. The number of aromatic hydroxyl groups is 1. The molecular formula is C32H35BrN2O6S. The van der Waals surface area contributed by atoms with Crippen molar-refractivity contribution >= 4 is 48.4 Å². The Morgan fingerprint density at radius 2 is 1.60 bits per heavy atom. The van der Waals surface area contributed by atoms with Crippen LogP contribution in [0, 0.1) is 0 Å². The van der Waals surface area contributed by atoms with Crippen LogP contribution in [-0.2, 0) is 10.1 Å². The molecule has 0 unspecified atom stereocenters. The molecule has 0 aliphatic carbocycles. The highest BCUT2D eigenvalue weighted by molar-refractivity contribution is 9.10. The van der Waals surface area contributed by atoms with Gasteiger partial charge in [-0.1, -0.05) is 98.1 Å². The summed E-state index contributed by atoms with van der Waals surface area (Å²) in [5, 5.41) is 11.0. The van der Waals surface area contributed by atoms with Crippen molar-refractivity contribution in [3.63, 3.8) is 0 Å². The minimum Gasteiger partial charge on any atom is -0.506 e. The van der Waals surface area contributed by atoms with Crippen LogP contribution in [0.4, 0.5) is 5.69 Å². The lowest BCUT2D eigenvalue weighted by Gasteiger charge is -2.16. The molecular weight excluding hydrogens is 620 g/mol. The smallest absolute Gasteiger partial charge is 0.300 e. The maximum Gasteiger partial charge on any atom is 0.300 e. The van der Waals surface area contributed by atoms with Gasteiger partial charge in [0, 0.05) is 26.5 Å². The maximum atomic E-state index is 14.0. The number of rotatable bonds is 14. The second-order valence-electron chi connectivity index (χ2n) is 10.2. The molecule has 4 N–H and O–H groups in total. The summed E-state index contributed by atoms with van der Waals surface area (Å²) in [4.78, 5) is 17.9. The van der Waals surface area contributed by atoms with Crippen LogP contribution in [-0.4, -0.2) is 35.5 Å². The summed E-state index contributed by atoms with van der Waals surface area (Å²) < 4.78 is 41.2. The van der Waals surface area contributed by atoms with E-state index in [0.717, 1.165) is 19.3 Å². The van der Waals surface area contributed by atoms with Crippen molar-refractivity contribution in [1.29, 1.82) is 0 Å². The van der Waals surface area contributed by atoms with E-state index in [2.05, 4.69) is 27.8 Å². The zero-order valence-corrected chi connectivity index (χ0v) is 25.9. The number of nitrogens with zero attached hydrogens (tertiary/aromatic N) is 1. The standard InChI is InChI=1S/C32H35BrN2O6S/c1-2-3-4-5-6-7-8-12-17-41-28-16-15-23(29(34)32(28)42(38,39)40)31(37)25-20-26(21-13-10-9-11-14-21)35-30-24(25)18-22(33)19-27(30)36/h9-11,13-16,18-20,36H,2-8,12,17,34H2,1H3,(H,38,39,40). The molecule has 0 saturated heterocycles. The Labute approximate surface area is 254 Å². The average Bonchev–Trinajstić information content (AvgIpc) is 2.95. The maximum absolute atomic E-state index is 14.0. The van der Waals surface area contributed by atoms with E-state index in [9.17, 15) is 22.9 Å². The Morgan fingerprint density at radius 3 is 2.26 bits per heavy atom. The van der Waals surface area contributed by atoms with E-state index < -0.39 is 26.5 Å². The normalized spacial score (nSPS) is 11.6. The zero-order valence-electron chi connectivity index (χ0n) is 23.5. The zero-order chi connectivity index (χ0) is 30.3. The van der Waals surface area contributed by atoms with E-state index in [0.29, 0.717) is 27.5 Å². The summed E-state index contributed by atoms with van der Waals surface area (Å²) in [6, 6.07) is 16.6. The first kappa shape index (κ1) is 31.5. The molecule has 8 nitrogen and oxygen atoms in total. The highest BCUT2D eigenvalue weighted by Gasteiger charge is 2.27. The molecule has 222 valence electrons. The van der Waals surface area contributed by atoms with E-state index in [1.807, 2.05) is 30.3 Å². The molecule has 4 aromatic rings. The number of hydrogen-bond donors (Lipinski definition) is 3. The molecule has 0 aliphatic heterocycles. The number of nitrogen functional groups attached to an aromatic ring is 1. The van der Waals surface area contributed by atoms with E-state index in [1.54, 1.807) is 12.1 Å². The molecule has 3 aromatic carbocycles. The van der Waals surface area contributed by atoms with Gasteiger partial charge in [0.1, 0.15) is 17.0 Å². The number of fused-ring (bicyclic) bond motifs is 1.